The highest BCUT2D eigenvalue weighted by molar-refractivity contribution is 6.31. The molecule has 2 nitrogen and oxygen atoms in total. The van der Waals surface area contributed by atoms with Crippen molar-refractivity contribution < 1.29 is 0 Å². The van der Waals surface area contributed by atoms with Crippen LogP contribution in [0.5, 0.6) is 0 Å². The summed E-state index contributed by atoms with van der Waals surface area (Å²) in [5.74, 6) is 0. The van der Waals surface area contributed by atoms with E-state index in [0.717, 1.165) is 27.5 Å². The van der Waals surface area contributed by atoms with E-state index in [4.69, 9.17) is 0 Å². The summed E-state index contributed by atoms with van der Waals surface area (Å²) >= 11 is 0. The van der Waals surface area contributed by atoms with Crippen LogP contribution in [0.4, 0.5) is 0 Å². The van der Waals surface area contributed by atoms with Crippen LogP contribution in [0, 0.1) is 11.3 Å². The molecule has 0 saturated heterocycles. The number of hydrogen-bond donors (Lipinski definition) is 0. The van der Waals surface area contributed by atoms with Crippen molar-refractivity contribution in [2.75, 3.05) is 0 Å². The quantitative estimate of drug-likeness (QED) is 0.195. The molecule has 0 atom stereocenters. The van der Waals surface area contributed by atoms with Gasteiger partial charge in [-0.05, 0) is 90.3 Å². The van der Waals surface area contributed by atoms with E-state index in [0.29, 0.717) is 5.56 Å². The van der Waals surface area contributed by atoms with Crippen molar-refractivity contribution in [1.82, 2.24) is 4.57 Å². The number of rotatable bonds is 3. The van der Waals surface area contributed by atoms with Gasteiger partial charge >= 0.3 is 0 Å². The first-order chi connectivity index (χ1) is 22.3. The number of benzene rings is 9. The van der Waals surface area contributed by atoms with E-state index in [1.54, 1.807) is 0 Å². The van der Waals surface area contributed by atoms with E-state index in [1.165, 1.54) is 65.3 Å². The third kappa shape index (κ3) is 3.22. The molecule has 0 unspecified atom stereocenters. The molecular formula is C43H24N2. The Hall–Kier alpha value is -6.17. The van der Waals surface area contributed by atoms with Gasteiger partial charge in [-0.25, -0.2) is 0 Å². The summed E-state index contributed by atoms with van der Waals surface area (Å²) in [6.07, 6.45) is 0. The van der Waals surface area contributed by atoms with Gasteiger partial charge in [0.1, 0.15) is 0 Å². The van der Waals surface area contributed by atoms with Gasteiger partial charge in [-0.2, -0.15) is 5.26 Å². The van der Waals surface area contributed by atoms with E-state index in [2.05, 4.69) is 150 Å². The van der Waals surface area contributed by atoms with Gasteiger partial charge in [0.15, 0.2) is 0 Å². The van der Waals surface area contributed by atoms with Crippen LogP contribution in [0.2, 0.25) is 0 Å². The number of para-hydroxylation sites is 1. The molecule has 0 aliphatic heterocycles. The molecular weight excluding hydrogens is 544 g/mol. The highest BCUT2D eigenvalue weighted by Gasteiger charge is 2.22. The Morgan fingerprint density at radius 2 is 0.889 bits per heavy atom. The van der Waals surface area contributed by atoms with Crippen LogP contribution in [0.3, 0.4) is 0 Å². The summed E-state index contributed by atoms with van der Waals surface area (Å²) in [6.45, 7) is 0. The molecule has 1 aromatic heterocycles. The topological polar surface area (TPSA) is 28.7 Å². The minimum atomic E-state index is 0.707. The summed E-state index contributed by atoms with van der Waals surface area (Å²) in [7, 11) is 0. The number of hydrogen-bond acceptors (Lipinski definition) is 1. The maximum absolute atomic E-state index is 10.0. The predicted molar refractivity (Wildman–Crippen MR) is 189 cm³/mol. The first kappa shape index (κ1) is 24.3. The number of nitrogens with zero attached hydrogens (tertiary/aromatic N) is 2. The van der Waals surface area contributed by atoms with Crippen molar-refractivity contribution in [2.45, 2.75) is 0 Å². The molecule has 0 aliphatic rings. The van der Waals surface area contributed by atoms with Gasteiger partial charge in [-0.3, -0.25) is 0 Å². The lowest BCUT2D eigenvalue weighted by Gasteiger charge is -2.17. The zero-order valence-corrected chi connectivity index (χ0v) is 24.3. The average molecular weight is 569 g/mol. The standard InChI is InChI=1S/C43H24N2/c44-25-29-15-23-38-42-32(29)20-21-37-34(22-24-39(43(37)42)45(38)30-9-5-2-6-10-30)33-17-12-28-13-18-35-31(26-7-3-1-4-8-26)16-11-27-14-19-36(33)41(28)40(27)35/h1-24H. The summed E-state index contributed by atoms with van der Waals surface area (Å²) in [4.78, 5) is 0. The Morgan fingerprint density at radius 1 is 0.400 bits per heavy atom. The van der Waals surface area contributed by atoms with Gasteiger partial charge in [0.05, 0.1) is 22.7 Å². The van der Waals surface area contributed by atoms with E-state index in [-0.39, 0.29) is 0 Å². The highest BCUT2D eigenvalue weighted by Crippen LogP contribution is 2.47. The van der Waals surface area contributed by atoms with Crippen LogP contribution in [-0.4, -0.2) is 4.57 Å². The van der Waals surface area contributed by atoms with E-state index >= 15 is 0 Å². The maximum Gasteiger partial charge on any atom is 0.0998 e. The van der Waals surface area contributed by atoms with Crippen molar-refractivity contribution in [1.29, 1.82) is 5.26 Å². The molecule has 206 valence electrons. The fourth-order valence-corrected chi connectivity index (χ4v) is 7.85. The van der Waals surface area contributed by atoms with Crippen LogP contribution in [0.25, 0.3) is 92.8 Å². The van der Waals surface area contributed by atoms with Crippen LogP contribution < -0.4 is 0 Å². The minimum absolute atomic E-state index is 0.707. The van der Waals surface area contributed by atoms with Crippen molar-refractivity contribution in [3.05, 3.63) is 151 Å². The van der Waals surface area contributed by atoms with Gasteiger partial charge in [-0.15, -0.1) is 0 Å². The first-order valence-corrected chi connectivity index (χ1v) is 15.3. The number of aromatic nitrogens is 1. The van der Waals surface area contributed by atoms with Gasteiger partial charge in [-0.1, -0.05) is 115 Å². The smallest absolute Gasteiger partial charge is 0.0998 e. The van der Waals surface area contributed by atoms with Crippen LogP contribution in [0.15, 0.2) is 146 Å². The summed E-state index contributed by atoms with van der Waals surface area (Å²) in [5, 5.41) is 22.3. The SMILES string of the molecule is N#Cc1ccc2c3c1ccc1c(-c4ccc5ccc6c(-c7ccccc7)ccc7ccc4c5c76)ccc(c13)n2-c1ccccc1. The Balaban J connectivity index is 1.31. The van der Waals surface area contributed by atoms with Crippen molar-refractivity contribution in [3.8, 4) is 34.0 Å². The van der Waals surface area contributed by atoms with Gasteiger partial charge in [0.25, 0.3) is 0 Å². The second-order valence-corrected chi connectivity index (χ2v) is 12.0. The van der Waals surface area contributed by atoms with Gasteiger partial charge in [0, 0.05) is 21.8 Å². The molecule has 10 aromatic rings. The van der Waals surface area contributed by atoms with Crippen molar-refractivity contribution in [2.24, 2.45) is 0 Å². The van der Waals surface area contributed by atoms with Crippen molar-refractivity contribution >= 4 is 64.9 Å². The molecule has 0 aliphatic carbocycles. The summed E-state index contributed by atoms with van der Waals surface area (Å²) < 4.78 is 2.34. The van der Waals surface area contributed by atoms with Gasteiger partial charge < -0.3 is 4.57 Å². The molecule has 0 bridgehead atoms. The first-order valence-electron chi connectivity index (χ1n) is 15.3. The Labute approximate surface area is 259 Å². The predicted octanol–water partition coefficient (Wildman–Crippen LogP) is 11.5. The maximum atomic E-state index is 10.0. The molecule has 10 rings (SSSR count). The molecule has 0 fully saturated rings. The molecule has 0 saturated carbocycles. The second kappa shape index (κ2) is 8.92. The Bertz CT molecular complexity index is 2800. The van der Waals surface area contributed by atoms with E-state index in [1.807, 2.05) is 6.07 Å². The fraction of sp³-hybridized carbons (Fsp3) is 0. The third-order valence-electron chi connectivity index (χ3n) is 9.77. The molecule has 9 aromatic carbocycles. The molecule has 0 radical (unpaired) electrons. The largest absolute Gasteiger partial charge is 0.309 e. The monoisotopic (exact) mass is 568 g/mol. The summed E-state index contributed by atoms with van der Waals surface area (Å²) in [5.41, 5.74) is 9.03. The van der Waals surface area contributed by atoms with E-state index < -0.39 is 0 Å². The average Bonchev–Trinajstić information content (AvgIpc) is 3.45. The Morgan fingerprint density at radius 3 is 1.58 bits per heavy atom. The molecule has 2 heteroatoms. The highest BCUT2D eigenvalue weighted by atomic mass is 15.0. The molecule has 0 spiro atoms. The normalized spacial score (nSPS) is 12.0. The van der Waals surface area contributed by atoms with Crippen LogP contribution >= 0.6 is 0 Å². The molecule has 0 amide bonds. The number of nitriles is 1. The fourth-order valence-electron chi connectivity index (χ4n) is 7.85. The molecule has 45 heavy (non-hydrogen) atoms. The van der Waals surface area contributed by atoms with E-state index in [9.17, 15) is 5.26 Å². The molecule has 0 N–H and O–H groups in total. The second-order valence-electron chi connectivity index (χ2n) is 12.0. The van der Waals surface area contributed by atoms with Crippen molar-refractivity contribution in [3.63, 3.8) is 0 Å². The third-order valence-corrected chi connectivity index (χ3v) is 9.77. The zero-order valence-electron chi connectivity index (χ0n) is 24.3. The van der Waals surface area contributed by atoms with Crippen LogP contribution in [-0.2, 0) is 0 Å². The lowest BCUT2D eigenvalue weighted by Crippen LogP contribution is -1.93. The zero-order chi connectivity index (χ0) is 29.6. The van der Waals surface area contributed by atoms with Crippen LogP contribution in [0.1, 0.15) is 5.56 Å². The lowest BCUT2D eigenvalue weighted by atomic mass is 9.86. The minimum Gasteiger partial charge on any atom is -0.309 e. The lowest BCUT2D eigenvalue weighted by molar-refractivity contribution is 1.18. The van der Waals surface area contributed by atoms with Gasteiger partial charge in [0.2, 0.25) is 0 Å². The Kier molecular flexibility index (Phi) is 4.82. The molecule has 1 heterocycles. The summed E-state index contributed by atoms with van der Waals surface area (Å²) in [6, 6.07) is 54.9.